The molecule has 0 heterocycles. The van der Waals surface area contributed by atoms with Crippen molar-refractivity contribution in [3.8, 4) is 0 Å². The predicted molar refractivity (Wildman–Crippen MR) is 334 cm³/mol. The highest BCUT2D eigenvalue weighted by Crippen LogP contribution is 2.13. The molecule has 430 valence electrons. The van der Waals surface area contributed by atoms with Gasteiger partial charge in [-0.25, -0.2) is 0 Å². The Bertz CT molecular complexity index is 1790. The van der Waals surface area contributed by atoms with E-state index in [1.807, 2.05) is 0 Å². The third-order valence-electron chi connectivity index (χ3n) is 12.2. The summed E-state index contributed by atoms with van der Waals surface area (Å²) in [7, 11) is 0. The first-order valence-electron chi connectivity index (χ1n) is 30.6. The molecule has 0 fully saturated rings. The van der Waals surface area contributed by atoms with E-state index in [9.17, 15) is 14.4 Å². The highest BCUT2D eigenvalue weighted by Gasteiger charge is 2.19. The van der Waals surface area contributed by atoms with Crippen molar-refractivity contribution in [1.82, 2.24) is 0 Å². The second-order valence-electron chi connectivity index (χ2n) is 19.5. The average molecular weight is 1060 g/mol. The van der Waals surface area contributed by atoms with Crippen LogP contribution in [0.3, 0.4) is 0 Å². The lowest BCUT2D eigenvalue weighted by molar-refractivity contribution is -0.167. The van der Waals surface area contributed by atoms with Crippen LogP contribution in [-0.4, -0.2) is 37.2 Å². The van der Waals surface area contributed by atoms with E-state index in [1.54, 1.807) is 0 Å². The number of hydrogen-bond acceptors (Lipinski definition) is 6. The van der Waals surface area contributed by atoms with E-state index in [0.29, 0.717) is 19.3 Å². The number of rotatable bonds is 53. The summed E-state index contributed by atoms with van der Waals surface area (Å²) in [5.74, 6) is -1.01. The number of unbranched alkanes of at least 4 members (excludes halogenated alkanes) is 14. The zero-order chi connectivity index (χ0) is 55.7. The van der Waals surface area contributed by atoms with E-state index in [2.05, 4.69) is 191 Å². The number of esters is 3. The smallest absolute Gasteiger partial charge is 0.306 e. The number of ether oxygens (including phenoxy) is 3. The van der Waals surface area contributed by atoms with Gasteiger partial charge in [0.2, 0.25) is 0 Å². The van der Waals surface area contributed by atoms with Crippen LogP contribution in [0.1, 0.15) is 239 Å². The van der Waals surface area contributed by atoms with Gasteiger partial charge in [-0.3, -0.25) is 14.4 Å². The molecule has 0 N–H and O–H groups in total. The van der Waals surface area contributed by atoms with Crippen molar-refractivity contribution >= 4 is 17.9 Å². The zero-order valence-electron chi connectivity index (χ0n) is 49.1. The van der Waals surface area contributed by atoms with Gasteiger partial charge in [0.1, 0.15) is 13.2 Å². The van der Waals surface area contributed by atoms with Crippen LogP contribution < -0.4 is 0 Å². The maximum absolute atomic E-state index is 12.9. The Balaban J connectivity index is 4.47. The van der Waals surface area contributed by atoms with Crippen LogP contribution in [-0.2, 0) is 28.6 Å². The van der Waals surface area contributed by atoms with Gasteiger partial charge in [-0.05, 0) is 141 Å². The number of carbonyl (C=O) groups excluding carboxylic acids is 3. The van der Waals surface area contributed by atoms with Gasteiger partial charge in [0.25, 0.3) is 0 Å². The highest BCUT2D eigenvalue weighted by molar-refractivity contribution is 5.71. The first kappa shape index (κ1) is 71.8. The summed E-state index contributed by atoms with van der Waals surface area (Å²) < 4.78 is 16.8. The van der Waals surface area contributed by atoms with E-state index in [0.717, 1.165) is 161 Å². The fourth-order valence-corrected chi connectivity index (χ4v) is 7.73. The fourth-order valence-electron chi connectivity index (χ4n) is 7.73. The summed E-state index contributed by atoms with van der Waals surface area (Å²) in [5, 5.41) is 0. The molecule has 1 atom stereocenters. The van der Waals surface area contributed by atoms with Crippen LogP contribution in [0.2, 0.25) is 0 Å². The van der Waals surface area contributed by atoms with Gasteiger partial charge in [0, 0.05) is 19.3 Å². The van der Waals surface area contributed by atoms with Gasteiger partial charge in [-0.2, -0.15) is 0 Å². The van der Waals surface area contributed by atoms with Gasteiger partial charge in [-0.15, -0.1) is 0 Å². The van der Waals surface area contributed by atoms with Crippen LogP contribution in [0.5, 0.6) is 0 Å². The Labute approximate surface area is 472 Å². The molecule has 0 aromatic carbocycles. The lowest BCUT2D eigenvalue weighted by Crippen LogP contribution is -2.30. The summed E-state index contributed by atoms with van der Waals surface area (Å²) in [6.07, 6.45) is 93.6. The Morgan fingerprint density at radius 3 is 0.766 bits per heavy atom. The lowest BCUT2D eigenvalue weighted by atomic mass is 10.1. The topological polar surface area (TPSA) is 78.9 Å². The Morgan fingerprint density at radius 1 is 0.260 bits per heavy atom. The second-order valence-corrected chi connectivity index (χ2v) is 19.5. The molecule has 0 aliphatic rings. The summed E-state index contributed by atoms with van der Waals surface area (Å²) in [5.41, 5.74) is 0. The summed E-state index contributed by atoms with van der Waals surface area (Å²) in [6, 6.07) is 0. The molecule has 0 rings (SSSR count). The molecule has 6 nitrogen and oxygen atoms in total. The van der Waals surface area contributed by atoms with Gasteiger partial charge in [0.05, 0.1) is 0 Å². The monoisotopic (exact) mass is 1060 g/mol. The second kappa shape index (κ2) is 63.3. The largest absolute Gasteiger partial charge is 0.462 e. The molecule has 0 aromatic heterocycles. The Morgan fingerprint density at radius 2 is 0.481 bits per heavy atom. The average Bonchev–Trinajstić information content (AvgIpc) is 3.43. The standard InChI is InChI=1S/C71H110O6/c1-4-7-10-13-16-19-22-25-28-30-31-32-33-34-35-36-37-38-39-41-43-46-49-52-55-58-61-64-70(73)76-67-68(66-75-69(72)63-60-57-54-51-48-45-42-27-24-21-18-15-12-9-6-3)77-71(74)65-62-59-56-53-50-47-44-40-29-26-23-20-17-14-11-8-5-2/h7-12,16-21,25-29,31-32,34-35,37-38,42,44,47,53,56,68H,4-6,13-15,22-24,30,33,36,39-41,43,45-46,48-52,54-55,57-67H2,1-3H3/b10-7-,11-8-,12-9-,19-16-,20-17-,21-18-,28-25-,29-26-,32-31-,35-34-,38-37-,42-27-,47-44-,56-53-. The van der Waals surface area contributed by atoms with Crippen molar-refractivity contribution in [3.05, 3.63) is 170 Å². The van der Waals surface area contributed by atoms with Gasteiger partial charge < -0.3 is 14.2 Å². The van der Waals surface area contributed by atoms with Crippen molar-refractivity contribution in [2.24, 2.45) is 0 Å². The van der Waals surface area contributed by atoms with Crippen molar-refractivity contribution in [1.29, 1.82) is 0 Å². The molecule has 0 aliphatic heterocycles. The molecule has 0 aromatic rings. The Hall–Kier alpha value is -5.23. The minimum Gasteiger partial charge on any atom is -0.462 e. The van der Waals surface area contributed by atoms with E-state index in [1.165, 1.54) is 32.1 Å². The molecule has 77 heavy (non-hydrogen) atoms. The number of hydrogen-bond donors (Lipinski definition) is 0. The van der Waals surface area contributed by atoms with Crippen LogP contribution in [0.15, 0.2) is 170 Å². The number of carbonyl (C=O) groups is 3. The SMILES string of the molecule is CC/C=C\C/C=C\C/C=C\C/C=C\C/C=C\C/C=C\CCCCCCCCCCC(=O)OCC(COC(=O)CCCCCCC/C=C\C/C=C\C/C=C\CC)OC(=O)CCC/C=C\C/C=C\C/C=C\C/C=C\C/C=C\CC. The minimum absolute atomic E-state index is 0.119. The van der Waals surface area contributed by atoms with Crippen molar-refractivity contribution in [2.75, 3.05) is 13.2 Å². The summed E-state index contributed by atoms with van der Waals surface area (Å²) in [4.78, 5) is 38.2. The minimum atomic E-state index is -0.829. The molecular weight excluding hydrogens is 949 g/mol. The van der Waals surface area contributed by atoms with E-state index in [4.69, 9.17) is 14.2 Å². The van der Waals surface area contributed by atoms with Crippen molar-refractivity contribution in [3.63, 3.8) is 0 Å². The molecule has 0 saturated carbocycles. The van der Waals surface area contributed by atoms with E-state index in [-0.39, 0.29) is 37.5 Å². The summed E-state index contributed by atoms with van der Waals surface area (Å²) >= 11 is 0. The maximum atomic E-state index is 12.9. The molecule has 0 radical (unpaired) electrons. The quantitative estimate of drug-likeness (QED) is 0.0261. The van der Waals surface area contributed by atoms with E-state index < -0.39 is 6.10 Å². The van der Waals surface area contributed by atoms with Crippen LogP contribution in [0, 0.1) is 0 Å². The maximum Gasteiger partial charge on any atom is 0.306 e. The lowest BCUT2D eigenvalue weighted by Gasteiger charge is -2.18. The van der Waals surface area contributed by atoms with Crippen molar-refractivity contribution < 1.29 is 28.6 Å². The fraction of sp³-hybridized carbons (Fsp3) is 0.563. The molecule has 0 saturated heterocycles. The first-order chi connectivity index (χ1) is 38.0. The first-order valence-corrected chi connectivity index (χ1v) is 30.6. The Kier molecular flexibility index (Phi) is 59.0. The van der Waals surface area contributed by atoms with Crippen LogP contribution in [0.4, 0.5) is 0 Å². The van der Waals surface area contributed by atoms with Crippen molar-refractivity contribution in [2.45, 2.75) is 245 Å². The highest BCUT2D eigenvalue weighted by atomic mass is 16.6. The van der Waals surface area contributed by atoms with Gasteiger partial charge in [-0.1, -0.05) is 249 Å². The van der Waals surface area contributed by atoms with E-state index >= 15 is 0 Å². The predicted octanol–water partition coefficient (Wildman–Crippen LogP) is 21.1. The number of allylic oxidation sites excluding steroid dienone is 28. The van der Waals surface area contributed by atoms with Crippen LogP contribution >= 0.6 is 0 Å². The molecule has 1 unspecified atom stereocenters. The van der Waals surface area contributed by atoms with Crippen LogP contribution in [0.25, 0.3) is 0 Å². The normalized spacial score (nSPS) is 13.3. The zero-order valence-corrected chi connectivity index (χ0v) is 49.1. The molecule has 0 bridgehead atoms. The molecule has 0 aliphatic carbocycles. The molecule has 0 spiro atoms. The molecule has 6 heteroatoms. The third-order valence-corrected chi connectivity index (χ3v) is 12.2. The molecular formula is C71H110O6. The summed E-state index contributed by atoms with van der Waals surface area (Å²) in [6.45, 7) is 6.22. The third kappa shape index (κ3) is 61.5. The van der Waals surface area contributed by atoms with Gasteiger partial charge in [0.15, 0.2) is 6.10 Å². The van der Waals surface area contributed by atoms with Gasteiger partial charge >= 0.3 is 17.9 Å². The molecule has 0 amide bonds.